The van der Waals surface area contributed by atoms with Crippen molar-refractivity contribution in [1.82, 2.24) is 9.80 Å². The first-order chi connectivity index (χ1) is 14.8. The van der Waals surface area contributed by atoms with Crippen LogP contribution in [0.5, 0.6) is 0 Å². The van der Waals surface area contributed by atoms with E-state index >= 15 is 0 Å². The Morgan fingerprint density at radius 2 is 1.80 bits per heavy atom. The van der Waals surface area contributed by atoms with Crippen molar-refractivity contribution in [3.8, 4) is 0 Å². The molecule has 3 heterocycles. The fourth-order valence-corrected chi connectivity index (χ4v) is 5.45. The zero-order chi connectivity index (χ0) is 20.3. The second kappa shape index (κ2) is 8.94. The molecule has 2 fully saturated rings. The van der Waals surface area contributed by atoms with Crippen molar-refractivity contribution in [1.29, 1.82) is 0 Å². The summed E-state index contributed by atoms with van der Waals surface area (Å²) >= 11 is 0. The van der Waals surface area contributed by atoms with Crippen LogP contribution < -0.4 is 0 Å². The summed E-state index contributed by atoms with van der Waals surface area (Å²) in [5.74, 6) is 0.634. The molecular formula is C25H32N2O3. The highest BCUT2D eigenvalue weighted by Crippen LogP contribution is 2.29. The predicted octanol–water partition coefficient (Wildman–Crippen LogP) is 3.78. The van der Waals surface area contributed by atoms with Crippen LogP contribution in [0.2, 0.25) is 0 Å². The molecule has 0 radical (unpaired) electrons. The Balaban J connectivity index is 1.17. The molecule has 0 spiro atoms. The highest BCUT2D eigenvalue weighted by molar-refractivity contribution is 5.93. The number of carbonyl (C=O) groups is 1. The highest BCUT2D eigenvalue weighted by Gasteiger charge is 2.32. The Bertz CT molecular complexity index is 811. The van der Waals surface area contributed by atoms with E-state index in [1.807, 2.05) is 4.90 Å². The molecule has 160 valence electrons. The molecule has 1 atom stereocenters. The summed E-state index contributed by atoms with van der Waals surface area (Å²) in [5, 5.41) is 0. The van der Waals surface area contributed by atoms with Crippen molar-refractivity contribution in [3.63, 3.8) is 0 Å². The van der Waals surface area contributed by atoms with Gasteiger partial charge in [-0.2, -0.15) is 0 Å². The first-order valence-corrected chi connectivity index (χ1v) is 11.5. The normalized spacial score (nSPS) is 23.0. The smallest absolute Gasteiger partial charge is 0.257 e. The van der Waals surface area contributed by atoms with Gasteiger partial charge in [0.05, 0.1) is 17.9 Å². The van der Waals surface area contributed by atoms with Crippen LogP contribution in [0.15, 0.2) is 47.3 Å². The zero-order valence-electron chi connectivity index (χ0n) is 17.7. The van der Waals surface area contributed by atoms with Gasteiger partial charge in [-0.15, -0.1) is 0 Å². The van der Waals surface area contributed by atoms with Crippen LogP contribution in [0.1, 0.15) is 47.2 Å². The number of carbonyl (C=O) groups excluding carboxylic acids is 1. The molecule has 0 bridgehead atoms. The van der Waals surface area contributed by atoms with E-state index in [-0.39, 0.29) is 12.0 Å². The Morgan fingerprint density at radius 3 is 2.43 bits per heavy atom. The molecule has 0 N–H and O–H groups in total. The van der Waals surface area contributed by atoms with Crippen LogP contribution >= 0.6 is 0 Å². The summed E-state index contributed by atoms with van der Waals surface area (Å²) in [4.78, 5) is 17.8. The van der Waals surface area contributed by atoms with Crippen LogP contribution in [-0.4, -0.2) is 60.6 Å². The van der Waals surface area contributed by atoms with Crippen LogP contribution in [0.25, 0.3) is 0 Å². The number of benzene rings is 1. The van der Waals surface area contributed by atoms with Gasteiger partial charge in [0.2, 0.25) is 0 Å². The van der Waals surface area contributed by atoms with Crippen molar-refractivity contribution in [3.05, 3.63) is 59.5 Å². The molecule has 2 aliphatic heterocycles. The number of piperidine rings is 1. The van der Waals surface area contributed by atoms with E-state index in [0.29, 0.717) is 24.1 Å². The van der Waals surface area contributed by atoms with Gasteiger partial charge in [0.1, 0.15) is 6.26 Å². The number of hydrogen-bond donors (Lipinski definition) is 0. The molecule has 30 heavy (non-hydrogen) atoms. The van der Waals surface area contributed by atoms with Gasteiger partial charge in [-0.3, -0.25) is 9.69 Å². The molecule has 1 aromatic heterocycles. The third-order valence-electron chi connectivity index (χ3n) is 7.18. The van der Waals surface area contributed by atoms with Gasteiger partial charge in [-0.25, -0.2) is 0 Å². The van der Waals surface area contributed by atoms with Gasteiger partial charge in [-0.1, -0.05) is 24.3 Å². The fraction of sp³-hybridized carbons (Fsp3) is 0.560. The molecule has 5 heteroatoms. The number of rotatable bonds is 6. The molecule has 1 aliphatic carbocycles. The van der Waals surface area contributed by atoms with Crippen LogP contribution in [0.3, 0.4) is 0 Å². The van der Waals surface area contributed by atoms with E-state index in [0.717, 1.165) is 51.9 Å². The number of likely N-dealkylation sites (tertiary alicyclic amines) is 1. The minimum absolute atomic E-state index is 0.0768. The molecule has 3 aliphatic rings. The van der Waals surface area contributed by atoms with Crippen molar-refractivity contribution < 1.29 is 13.9 Å². The van der Waals surface area contributed by atoms with Gasteiger partial charge >= 0.3 is 0 Å². The molecule has 1 amide bonds. The summed E-state index contributed by atoms with van der Waals surface area (Å²) in [7, 11) is 0. The van der Waals surface area contributed by atoms with E-state index in [1.54, 1.807) is 18.6 Å². The fourth-order valence-electron chi connectivity index (χ4n) is 5.45. The number of ether oxygens (including phenoxy) is 1. The Hall–Kier alpha value is -2.11. The highest BCUT2D eigenvalue weighted by atomic mass is 16.5. The van der Waals surface area contributed by atoms with Gasteiger partial charge in [0.25, 0.3) is 5.91 Å². The average molecular weight is 409 g/mol. The van der Waals surface area contributed by atoms with Crippen molar-refractivity contribution in [2.75, 3.05) is 32.8 Å². The number of furan rings is 1. The van der Waals surface area contributed by atoms with Gasteiger partial charge in [-0.05, 0) is 74.7 Å². The van der Waals surface area contributed by atoms with Gasteiger partial charge < -0.3 is 14.1 Å². The molecule has 1 unspecified atom stereocenters. The standard InChI is InChI=1S/C25H32N2O3/c28-25(22-9-13-29-18-22)27(17-24-6-3-12-30-24)16-19-7-10-26(11-8-19)23-14-20-4-1-2-5-21(20)15-23/h1-2,4-5,9,13,18-19,23-24H,3,6-8,10-12,14-17H2. The first kappa shape index (κ1) is 19.8. The van der Waals surface area contributed by atoms with Crippen molar-refractivity contribution in [2.24, 2.45) is 5.92 Å². The van der Waals surface area contributed by atoms with E-state index in [9.17, 15) is 4.79 Å². The third kappa shape index (κ3) is 4.33. The summed E-state index contributed by atoms with van der Waals surface area (Å²) in [5.41, 5.74) is 3.70. The van der Waals surface area contributed by atoms with Crippen LogP contribution in [0.4, 0.5) is 0 Å². The van der Waals surface area contributed by atoms with E-state index in [4.69, 9.17) is 9.15 Å². The summed E-state index contributed by atoms with van der Waals surface area (Å²) in [6.07, 6.45) is 10.2. The lowest BCUT2D eigenvalue weighted by molar-refractivity contribution is 0.0429. The average Bonchev–Trinajstić information content (AvgIpc) is 3.54. The lowest BCUT2D eigenvalue weighted by Crippen LogP contribution is -2.46. The second-order valence-corrected chi connectivity index (χ2v) is 9.17. The van der Waals surface area contributed by atoms with Gasteiger partial charge in [0, 0.05) is 25.7 Å². The number of nitrogens with zero attached hydrogens (tertiary/aromatic N) is 2. The number of amides is 1. The maximum atomic E-state index is 13.1. The van der Waals surface area contributed by atoms with Crippen LogP contribution in [0, 0.1) is 5.92 Å². The molecule has 5 rings (SSSR count). The van der Waals surface area contributed by atoms with Crippen molar-refractivity contribution >= 4 is 5.91 Å². The molecule has 0 saturated carbocycles. The van der Waals surface area contributed by atoms with E-state index < -0.39 is 0 Å². The monoisotopic (exact) mass is 408 g/mol. The topological polar surface area (TPSA) is 45.9 Å². The minimum Gasteiger partial charge on any atom is -0.472 e. The second-order valence-electron chi connectivity index (χ2n) is 9.17. The van der Waals surface area contributed by atoms with Gasteiger partial charge in [0.15, 0.2) is 0 Å². The Kier molecular flexibility index (Phi) is 5.91. The lowest BCUT2D eigenvalue weighted by atomic mass is 9.94. The number of fused-ring (bicyclic) bond motifs is 1. The van der Waals surface area contributed by atoms with E-state index in [2.05, 4.69) is 29.2 Å². The summed E-state index contributed by atoms with van der Waals surface area (Å²) < 4.78 is 11.0. The predicted molar refractivity (Wildman–Crippen MR) is 116 cm³/mol. The molecule has 5 nitrogen and oxygen atoms in total. The van der Waals surface area contributed by atoms with Crippen molar-refractivity contribution in [2.45, 2.75) is 50.7 Å². The zero-order valence-corrected chi connectivity index (χ0v) is 17.7. The minimum atomic E-state index is 0.0768. The molecule has 2 aromatic rings. The van der Waals surface area contributed by atoms with Crippen LogP contribution in [-0.2, 0) is 17.6 Å². The summed E-state index contributed by atoms with van der Waals surface area (Å²) in [6.45, 7) is 4.61. The maximum Gasteiger partial charge on any atom is 0.257 e. The lowest BCUT2D eigenvalue weighted by Gasteiger charge is -2.38. The first-order valence-electron chi connectivity index (χ1n) is 11.5. The largest absolute Gasteiger partial charge is 0.472 e. The maximum absolute atomic E-state index is 13.1. The Labute approximate surface area is 179 Å². The molecule has 2 saturated heterocycles. The molecular weight excluding hydrogens is 376 g/mol. The number of hydrogen-bond acceptors (Lipinski definition) is 4. The third-order valence-corrected chi connectivity index (χ3v) is 7.18. The summed E-state index contributed by atoms with van der Waals surface area (Å²) in [6, 6.07) is 11.3. The Morgan fingerprint density at radius 1 is 1.03 bits per heavy atom. The molecule has 1 aromatic carbocycles. The SMILES string of the molecule is O=C(c1ccoc1)N(CC1CCN(C2Cc3ccccc3C2)CC1)CC1CCCO1. The quantitative estimate of drug-likeness (QED) is 0.730. The van der Waals surface area contributed by atoms with E-state index in [1.165, 1.54) is 24.0 Å².